The number of hydrogen-bond acceptors (Lipinski definition) is 4. The van der Waals surface area contributed by atoms with E-state index in [0.717, 1.165) is 38.1 Å². The topological polar surface area (TPSA) is 51.9 Å². The lowest BCUT2D eigenvalue weighted by Gasteiger charge is -2.33. The Morgan fingerprint density at radius 3 is 2.55 bits per heavy atom. The van der Waals surface area contributed by atoms with Crippen molar-refractivity contribution in [1.82, 2.24) is 4.90 Å². The SMILES string of the molecule is CCc1ccc(C(=O)N2CCC(C3OCCO3)CC2)o1. The second-order valence-corrected chi connectivity index (χ2v) is 5.36. The van der Waals surface area contributed by atoms with Gasteiger partial charge in [-0.05, 0) is 25.0 Å². The molecule has 3 rings (SSSR count). The van der Waals surface area contributed by atoms with Gasteiger partial charge in [0.1, 0.15) is 5.76 Å². The first-order valence-electron chi connectivity index (χ1n) is 7.39. The van der Waals surface area contributed by atoms with Crippen molar-refractivity contribution < 1.29 is 18.7 Å². The van der Waals surface area contributed by atoms with E-state index >= 15 is 0 Å². The molecule has 0 aliphatic carbocycles. The highest BCUT2D eigenvalue weighted by Crippen LogP contribution is 2.26. The highest BCUT2D eigenvalue weighted by atomic mass is 16.7. The van der Waals surface area contributed by atoms with Crippen LogP contribution in [0.5, 0.6) is 0 Å². The Labute approximate surface area is 118 Å². The van der Waals surface area contributed by atoms with Crippen LogP contribution in [0.25, 0.3) is 0 Å². The molecule has 0 unspecified atom stereocenters. The normalized spacial score (nSPS) is 21.6. The van der Waals surface area contributed by atoms with Gasteiger partial charge in [-0.2, -0.15) is 0 Å². The zero-order valence-corrected chi connectivity index (χ0v) is 11.8. The molecule has 2 aliphatic heterocycles. The zero-order chi connectivity index (χ0) is 13.9. The van der Waals surface area contributed by atoms with Gasteiger partial charge in [-0.3, -0.25) is 4.79 Å². The third kappa shape index (κ3) is 2.74. The number of aryl methyl sites for hydroxylation is 1. The second kappa shape index (κ2) is 5.97. The number of carbonyl (C=O) groups excluding carboxylic acids is 1. The average Bonchev–Trinajstić information content (AvgIpc) is 3.18. The summed E-state index contributed by atoms with van der Waals surface area (Å²) in [6, 6.07) is 3.65. The van der Waals surface area contributed by atoms with Gasteiger partial charge in [0, 0.05) is 25.4 Å². The van der Waals surface area contributed by atoms with Crippen LogP contribution in [0.2, 0.25) is 0 Å². The van der Waals surface area contributed by atoms with Crippen molar-refractivity contribution in [3.05, 3.63) is 23.7 Å². The predicted molar refractivity (Wildman–Crippen MR) is 72.4 cm³/mol. The van der Waals surface area contributed by atoms with Crippen molar-refractivity contribution in [3.8, 4) is 0 Å². The standard InChI is InChI=1S/C15H21NO4/c1-2-12-3-4-13(20-12)14(17)16-7-5-11(6-8-16)15-18-9-10-19-15/h3-4,11,15H,2,5-10H2,1H3. The third-order valence-corrected chi connectivity index (χ3v) is 4.08. The lowest BCUT2D eigenvalue weighted by molar-refractivity contribution is -0.0956. The van der Waals surface area contributed by atoms with Gasteiger partial charge in [-0.15, -0.1) is 0 Å². The molecule has 2 saturated heterocycles. The van der Waals surface area contributed by atoms with Crippen molar-refractivity contribution in [2.75, 3.05) is 26.3 Å². The first-order chi connectivity index (χ1) is 9.78. The van der Waals surface area contributed by atoms with E-state index in [2.05, 4.69) is 0 Å². The van der Waals surface area contributed by atoms with Crippen LogP contribution in [0.15, 0.2) is 16.5 Å². The molecule has 2 aliphatic rings. The Morgan fingerprint density at radius 2 is 1.95 bits per heavy atom. The highest BCUT2D eigenvalue weighted by Gasteiger charge is 2.32. The molecule has 1 aromatic heterocycles. The molecular weight excluding hydrogens is 258 g/mol. The van der Waals surface area contributed by atoms with E-state index in [1.54, 1.807) is 6.07 Å². The number of ether oxygens (including phenoxy) is 2. The Hall–Kier alpha value is -1.33. The van der Waals surface area contributed by atoms with Crippen LogP contribution in [0.4, 0.5) is 0 Å². The van der Waals surface area contributed by atoms with Crippen LogP contribution in [0.3, 0.4) is 0 Å². The van der Waals surface area contributed by atoms with Crippen molar-refractivity contribution in [1.29, 1.82) is 0 Å². The van der Waals surface area contributed by atoms with Gasteiger partial charge in [0.05, 0.1) is 13.2 Å². The summed E-state index contributed by atoms with van der Waals surface area (Å²) in [7, 11) is 0. The fraction of sp³-hybridized carbons (Fsp3) is 0.667. The van der Waals surface area contributed by atoms with Crippen molar-refractivity contribution in [2.24, 2.45) is 5.92 Å². The van der Waals surface area contributed by atoms with Crippen LogP contribution in [0, 0.1) is 5.92 Å². The first-order valence-corrected chi connectivity index (χ1v) is 7.39. The largest absolute Gasteiger partial charge is 0.456 e. The minimum absolute atomic E-state index is 0.00333. The molecule has 1 amide bonds. The summed E-state index contributed by atoms with van der Waals surface area (Å²) in [5.41, 5.74) is 0. The molecule has 0 N–H and O–H groups in total. The van der Waals surface area contributed by atoms with Gasteiger partial charge in [-0.25, -0.2) is 0 Å². The molecule has 2 fully saturated rings. The molecule has 0 atom stereocenters. The fourth-order valence-corrected chi connectivity index (χ4v) is 2.86. The predicted octanol–water partition coefficient (Wildman–Crippen LogP) is 2.07. The first kappa shape index (κ1) is 13.6. The molecule has 1 aromatic rings. The van der Waals surface area contributed by atoms with E-state index < -0.39 is 0 Å². The molecule has 5 nitrogen and oxygen atoms in total. The van der Waals surface area contributed by atoms with Crippen LogP contribution < -0.4 is 0 Å². The molecule has 0 radical (unpaired) electrons. The van der Waals surface area contributed by atoms with Gasteiger partial charge in [-0.1, -0.05) is 6.92 Å². The molecular formula is C15H21NO4. The van der Waals surface area contributed by atoms with Crippen molar-refractivity contribution in [2.45, 2.75) is 32.5 Å². The molecule has 3 heterocycles. The molecule has 5 heteroatoms. The summed E-state index contributed by atoms with van der Waals surface area (Å²) in [4.78, 5) is 14.2. The van der Waals surface area contributed by atoms with Crippen LogP contribution >= 0.6 is 0 Å². The maximum Gasteiger partial charge on any atom is 0.289 e. The summed E-state index contributed by atoms with van der Waals surface area (Å²) in [5.74, 6) is 1.71. The van der Waals surface area contributed by atoms with E-state index in [0.29, 0.717) is 24.9 Å². The molecule has 0 bridgehead atoms. The third-order valence-electron chi connectivity index (χ3n) is 4.08. The van der Waals surface area contributed by atoms with Crippen LogP contribution in [-0.4, -0.2) is 43.4 Å². The highest BCUT2D eigenvalue weighted by molar-refractivity contribution is 5.91. The zero-order valence-electron chi connectivity index (χ0n) is 11.8. The number of amides is 1. The Bertz CT molecular complexity index is 456. The Kier molecular flexibility index (Phi) is 4.08. The number of nitrogens with zero attached hydrogens (tertiary/aromatic N) is 1. The second-order valence-electron chi connectivity index (χ2n) is 5.36. The summed E-state index contributed by atoms with van der Waals surface area (Å²) in [6.07, 6.45) is 2.60. The summed E-state index contributed by atoms with van der Waals surface area (Å²) >= 11 is 0. The fourth-order valence-electron chi connectivity index (χ4n) is 2.86. The Balaban J connectivity index is 1.55. The number of furan rings is 1. The Morgan fingerprint density at radius 1 is 1.25 bits per heavy atom. The summed E-state index contributed by atoms with van der Waals surface area (Å²) in [6.45, 7) is 4.88. The number of likely N-dealkylation sites (tertiary alicyclic amines) is 1. The van der Waals surface area contributed by atoms with Gasteiger partial charge < -0.3 is 18.8 Å². The molecule has 0 aromatic carbocycles. The van der Waals surface area contributed by atoms with E-state index in [1.165, 1.54) is 0 Å². The van der Waals surface area contributed by atoms with Gasteiger partial charge in [0.2, 0.25) is 0 Å². The molecule has 0 spiro atoms. The van der Waals surface area contributed by atoms with Crippen molar-refractivity contribution >= 4 is 5.91 Å². The van der Waals surface area contributed by atoms with Crippen LogP contribution in [-0.2, 0) is 15.9 Å². The average molecular weight is 279 g/mol. The molecule has 0 saturated carbocycles. The van der Waals surface area contributed by atoms with Gasteiger partial charge >= 0.3 is 0 Å². The summed E-state index contributed by atoms with van der Waals surface area (Å²) in [5, 5.41) is 0. The lowest BCUT2D eigenvalue weighted by atomic mass is 9.96. The number of rotatable bonds is 3. The maximum atomic E-state index is 12.3. The van der Waals surface area contributed by atoms with E-state index in [4.69, 9.17) is 13.9 Å². The van der Waals surface area contributed by atoms with Crippen LogP contribution in [0.1, 0.15) is 36.1 Å². The van der Waals surface area contributed by atoms with Gasteiger partial charge in [0.25, 0.3) is 5.91 Å². The summed E-state index contributed by atoms with van der Waals surface area (Å²) < 4.78 is 16.6. The number of piperidine rings is 1. The van der Waals surface area contributed by atoms with Gasteiger partial charge in [0.15, 0.2) is 12.1 Å². The maximum absolute atomic E-state index is 12.3. The van der Waals surface area contributed by atoms with E-state index in [9.17, 15) is 4.79 Å². The smallest absolute Gasteiger partial charge is 0.289 e. The van der Waals surface area contributed by atoms with Crippen molar-refractivity contribution in [3.63, 3.8) is 0 Å². The molecule has 110 valence electrons. The minimum Gasteiger partial charge on any atom is -0.456 e. The minimum atomic E-state index is -0.0671. The number of hydrogen-bond donors (Lipinski definition) is 0. The van der Waals surface area contributed by atoms with E-state index in [-0.39, 0.29) is 12.2 Å². The number of carbonyl (C=O) groups is 1. The lowest BCUT2D eigenvalue weighted by Crippen LogP contribution is -2.41. The molecule has 20 heavy (non-hydrogen) atoms. The van der Waals surface area contributed by atoms with E-state index in [1.807, 2.05) is 17.9 Å². The monoisotopic (exact) mass is 279 g/mol. The quantitative estimate of drug-likeness (QED) is 0.850.